The van der Waals surface area contributed by atoms with Crippen LogP contribution in [0.1, 0.15) is 54.9 Å². The van der Waals surface area contributed by atoms with E-state index in [0.717, 1.165) is 43.2 Å². The Morgan fingerprint density at radius 3 is 2.52 bits per heavy atom. The number of Topliss-reactive ketones (excluding diaryl/α,β-unsaturated/α-hetero) is 1. The molecule has 3 aromatic carbocycles. The van der Waals surface area contributed by atoms with E-state index in [2.05, 4.69) is 61.8 Å². The lowest BCUT2D eigenvalue weighted by Gasteiger charge is -2.44. The van der Waals surface area contributed by atoms with Crippen molar-refractivity contribution in [1.29, 1.82) is 5.26 Å². The molecule has 0 radical (unpaired) electrons. The number of thioether (sulfide) groups is 1. The van der Waals surface area contributed by atoms with E-state index in [1.807, 2.05) is 53.4 Å². The summed E-state index contributed by atoms with van der Waals surface area (Å²) in [5, 5.41) is 11.2. The van der Waals surface area contributed by atoms with Crippen LogP contribution in [-0.2, 0) is 10.5 Å². The molecular weight excluding hydrogens is 602 g/mol. The first kappa shape index (κ1) is 28.5. The van der Waals surface area contributed by atoms with Crippen molar-refractivity contribution in [2.45, 2.75) is 57.1 Å². The largest absolute Gasteiger partial charge is 0.384 e. The zero-order valence-corrected chi connectivity index (χ0v) is 26.2. The van der Waals surface area contributed by atoms with Crippen LogP contribution in [0, 0.1) is 30.6 Å². The number of carbonyl (C=O) groups excluding carboxylic acids is 1. The van der Waals surface area contributed by atoms with E-state index in [9.17, 15) is 10.1 Å². The van der Waals surface area contributed by atoms with Gasteiger partial charge in [0.05, 0.1) is 17.6 Å². The molecule has 1 unspecified atom stereocenters. The summed E-state index contributed by atoms with van der Waals surface area (Å²) in [7, 11) is 0. The molecule has 1 aliphatic heterocycles. The third kappa shape index (κ3) is 5.48. The van der Waals surface area contributed by atoms with Gasteiger partial charge in [-0.2, -0.15) is 5.26 Å². The second kappa shape index (κ2) is 11.1. The lowest BCUT2D eigenvalue weighted by molar-refractivity contribution is -0.118. The lowest BCUT2D eigenvalue weighted by Crippen LogP contribution is -2.42. The number of nitrogens with two attached hydrogens (primary N) is 1. The maximum Gasteiger partial charge on any atom is 0.162 e. The Bertz CT molecular complexity index is 1620. The zero-order valence-electron chi connectivity index (χ0n) is 23.0. The van der Waals surface area contributed by atoms with Gasteiger partial charge in [-0.15, -0.1) is 11.8 Å². The Balaban J connectivity index is 1.67. The highest BCUT2D eigenvalue weighted by atomic mass is 79.9. The Hall–Kier alpha value is -2.98. The molecule has 1 atom stereocenters. The second-order valence-corrected chi connectivity index (χ2v) is 13.7. The minimum absolute atomic E-state index is 0.0782. The number of halogens is 2. The lowest BCUT2D eigenvalue weighted by atomic mass is 9.68. The molecule has 204 valence electrons. The number of allylic oxidation sites excluding steroid dienone is 3. The zero-order chi connectivity index (χ0) is 28.8. The molecule has 0 spiro atoms. The summed E-state index contributed by atoms with van der Waals surface area (Å²) in [6, 6.07) is 22.4. The van der Waals surface area contributed by atoms with E-state index in [4.69, 9.17) is 17.3 Å². The normalized spacial score (nSPS) is 18.6. The third-order valence-corrected chi connectivity index (χ3v) is 9.47. The molecule has 3 aromatic rings. The first-order chi connectivity index (χ1) is 19.0. The van der Waals surface area contributed by atoms with Crippen molar-refractivity contribution < 1.29 is 4.79 Å². The van der Waals surface area contributed by atoms with E-state index in [-0.39, 0.29) is 11.2 Å². The van der Waals surface area contributed by atoms with Gasteiger partial charge in [0.25, 0.3) is 0 Å². The number of rotatable bonds is 5. The first-order valence-corrected chi connectivity index (χ1v) is 15.3. The number of benzene rings is 3. The molecule has 0 amide bonds. The van der Waals surface area contributed by atoms with Crippen LogP contribution in [0.3, 0.4) is 0 Å². The van der Waals surface area contributed by atoms with E-state index >= 15 is 0 Å². The Morgan fingerprint density at radius 1 is 1.12 bits per heavy atom. The van der Waals surface area contributed by atoms with Gasteiger partial charge in [0.15, 0.2) is 5.78 Å². The van der Waals surface area contributed by atoms with Crippen LogP contribution in [0.25, 0.3) is 0 Å². The van der Waals surface area contributed by atoms with Gasteiger partial charge in [-0.1, -0.05) is 65.1 Å². The Kier molecular flexibility index (Phi) is 7.94. The molecule has 7 heteroatoms. The van der Waals surface area contributed by atoms with Gasteiger partial charge in [-0.05, 0) is 84.8 Å². The maximum absolute atomic E-state index is 14.0. The van der Waals surface area contributed by atoms with Crippen LogP contribution in [0.5, 0.6) is 0 Å². The standard InChI is InChI=1S/C33H31BrClN3OS/c1-19-12-21(18-40-25-10-8-23(35)9-11-25)20(2)26(13-19)30-27(17-36)32(37)38(24-7-5-6-22(34)14-24)28-15-33(3,4)16-29(39)31(28)30/h5-14,30H,15-16,18,37H2,1-4H3. The highest BCUT2D eigenvalue weighted by Crippen LogP contribution is 2.51. The van der Waals surface area contributed by atoms with Crippen molar-refractivity contribution in [3.8, 4) is 6.07 Å². The minimum Gasteiger partial charge on any atom is -0.384 e. The number of aryl methyl sites for hydroxylation is 1. The van der Waals surface area contributed by atoms with Crippen molar-refractivity contribution in [1.82, 2.24) is 0 Å². The number of carbonyl (C=O) groups is 1. The monoisotopic (exact) mass is 631 g/mol. The van der Waals surface area contributed by atoms with E-state index < -0.39 is 5.92 Å². The summed E-state index contributed by atoms with van der Waals surface area (Å²) in [4.78, 5) is 17.0. The predicted octanol–water partition coefficient (Wildman–Crippen LogP) is 8.95. The summed E-state index contributed by atoms with van der Waals surface area (Å²) >= 11 is 11.4. The van der Waals surface area contributed by atoms with Gasteiger partial charge < -0.3 is 5.73 Å². The molecule has 0 saturated heterocycles. The average molecular weight is 633 g/mol. The molecule has 1 aliphatic carbocycles. The number of hydrogen-bond donors (Lipinski definition) is 1. The fraction of sp³-hybridized carbons (Fsp3) is 0.273. The molecule has 0 fully saturated rings. The number of ketones is 1. The Labute approximate surface area is 254 Å². The minimum atomic E-state index is -0.508. The van der Waals surface area contributed by atoms with Crippen LogP contribution >= 0.6 is 39.3 Å². The number of nitriles is 1. The van der Waals surface area contributed by atoms with Crippen molar-refractivity contribution in [2.24, 2.45) is 11.1 Å². The van der Waals surface area contributed by atoms with Gasteiger partial charge in [0, 0.05) is 43.5 Å². The quantitative estimate of drug-likeness (QED) is 0.284. The SMILES string of the molecule is Cc1cc(CSc2ccc(Cl)cc2)c(C)c(C2C(C#N)=C(N)N(c3cccc(Br)c3)C3=C2C(=O)CC(C)(C)C3)c1. The number of hydrogen-bond acceptors (Lipinski definition) is 5. The van der Waals surface area contributed by atoms with Crippen LogP contribution < -0.4 is 10.6 Å². The molecule has 0 bridgehead atoms. The topological polar surface area (TPSA) is 70.1 Å². The summed E-state index contributed by atoms with van der Waals surface area (Å²) in [5.41, 5.74) is 13.8. The van der Waals surface area contributed by atoms with Gasteiger partial charge in [-0.3, -0.25) is 9.69 Å². The Morgan fingerprint density at radius 2 is 1.85 bits per heavy atom. The van der Waals surface area contributed by atoms with Crippen molar-refractivity contribution >= 4 is 50.8 Å². The van der Waals surface area contributed by atoms with Crippen molar-refractivity contribution in [3.05, 3.63) is 115 Å². The van der Waals surface area contributed by atoms with Crippen molar-refractivity contribution in [2.75, 3.05) is 4.90 Å². The van der Waals surface area contributed by atoms with E-state index in [0.29, 0.717) is 34.8 Å². The van der Waals surface area contributed by atoms with Crippen LogP contribution in [0.4, 0.5) is 5.69 Å². The molecule has 0 saturated carbocycles. The number of anilines is 1. The fourth-order valence-electron chi connectivity index (χ4n) is 5.84. The molecule has 5 rings (SSSR count). The highest BCUT2D eigenvalue weighted by Gasteiger charge is 2.45. The van der Waals surface area contributed by atoms with Crippen molar-refractivity contribution in [3.63, 3.8) is 0 Å². The maximum atomic E-state index is 14.0. The van der Waals surface area contributed by atoms with E-state index in [1.54, 1.807) is 11.8 Å². The van der Waals surface area contributed by atoms with Crippen LogP contribution in [0.2, 0.25) is 5.02 Å². The van der Waals surface area contributed by atoms with Crippen LogP contribution in [-0.4, -0.2) is 5.78 Å². The molecule has 4 nitrogen and oxygen atoms in total. The summed E-state index contributed by atoms with van der Waals surface area (Å²) in [6.07, 6.45) is 1.11. The summed E-state index contributed by atoms with van der Waals surface area (Å²) in [5.74, 6) is 0.709. The second-order valence-electron chi connectivity index (χ2n) is 11.3. The molecular formula is C33H31BrClN3OS. The van der Waals surface area contributed by atoms with Crippen LogP contribution in [0.15, 0.2) is 92.7 Å². The average Bonchev–Trinajstić information content (AvgIpc) is 2.88. The first-order valence-electron chi connectivity index (χ1n) is 13.2. The molecule has 2 aliphatic rings. The highest BCUT2D eigenvalue weighted by molar-refractivity contribution is 9.10. The van der Waals surface area contributed by atoms with E-state index in [1.165, 1.54) is 5.56 Å². The van der Waals surface area contributed by atoms with Gasteiger partial charge >= 0.3 is 0 Å². The fourth-order valence-corrected chi connectivity index (χ4v) is 7.30. The molecule has 1 heterocycles. The van der Waals surface area contributed by atoms with Gasteiger partial charge in [0.1, 0.15) is 5.82 Å². The number of nitrogens with zero attached hydrogens (tertiary/aromatic N) is 2. The third-order valence-electron chi connectivity index (χ3n) is 7.67. The molecule has 40 heavy (non-hydrogen) atoms. The van der Waals surface area contributed by atoms with Gasteiger partial charge in [-0.25, -0.2) is 0 Å². The molecule has 2 N–H and O–H groups in total. The predicted molar refractivity (Wildman–Crippen MR) is 168 cm³/mol. The molecule has 0 aromatic heterocycles. The van der Waals surface area contributed by atoms with Gasteiger partial charge in [0.2, 0.25) is 0 Å². The summed E-state index contributed by atoms with van der Waals surface area (Å²) < 4.78 is 0.902. The smallest absolute Gasteiger partial charge is 0.162 e. The summed E-state index contributed by atoms with van der Waals surface area (Å²) in [6.45, 7) is 8.39.